The van der Waals surface area contributed by atoms with E-state index in [1.165, 1.54) is 10.6 Å². The molecule has 3 heterocycles. The Morgan fingerprint density at radius 3 is 3.00 bits per heavy atom. The fourth-order valence-electron chi connectivity index (χ4n) is 3.21. The average molecular weight is 317 g/mol. The van der Waals surface area contributed by atoms with E-state index in [2.05, 4.69) is 40.3 Å². The molecule has 1 fully saturated rings. The molecule has 0 aliphatic carbocycles. The largest absolute Gasteiger partial charge is 0.340 e. The van der Waals surface area contributed by atoms with Gasteiger partial charge in [-0.2, -0.15) is 5.10 Å². The minimum Gasteiger partial charge on any atom is -0.340 e. The van der Waals surface area contributed by atoms with Crippen LogP contribution in [0.5, 0.6) is 0 Å². The summed E-state index contributed by atoms with van der Waals surface area (Å²) < 4.78 is 2.09. The lowest BCUT2D eigenvalue weighted by Gasteiger charge is -2.17. The zero-order valence-electron chi connectivity index (χ0n) is 13.3. The summed E-state index contributed by atoms with van der Waals surface area (Å²) in [6.07, 6.45) is 3.62. The lowest BCUT2D eigenvalue weighted by atomic mass is 10.2. The van der Waals surface area contributed by atoms with Crippen LogP contribution in [0, 0.1) is 13.8 Å². The molecule has 0 saturated carbocycles. The summed E-state index contributed by atoms with van der Waals surface area (Å²) in [5.41, 5.74) is 2.24. The monoisotopic (exact) mass is 317 g/mol. The lowest BCUT2D eigenvalue weighted by Crippen LogP contribution is -2.29. The quantitative estimate of drug-likeness (QED) is 0.848. The predicted molar refractivity (Wildman–Crippen MR) is 89.2 cm³/mol. The number of nitrogens with zero attached hydrogens (tertiary/aromatic N) is 3. The Kier molecular flexibility index (Phi) is 4.62. The molecule has 1 atom stereocenters. The SMILES string of the molecule is Cc1cc(C)n([C@@H]2CCN(C(=O)CCCc3cccs3)C2)n1. The summed E-state index contributed by atoms with van der Waals surface area (Å²) in [5, 5.41) is 6.66. The van der Waals surface area contributed by atoms with Crippen molar-refractivity contribution in [3.05, 3.63) is 39.8 Å². The third-order valence-corrected chi connectivity index (χ3v) is 5.24. The zero-order chi connectivity index (χ0) is 15.5. The summed E-state index contributed by atoms with van der Waals surface area (Å²) >= 11 is 1.77. The number of amides is 1. The van der Waals surface area contributed by atoms with Gasteiger partial charge in [-0.15, -0.1) is 11.3 Å². The van der Waals surface area contributed by atoms with Gasteiger partial charge in [0, 0.05) is 30.1 Å². The summed E-state index contributed by atoms with van der Waals surface area (Å²) in [6.45, 7) is 5.78. The molecule has 0 aromatic carbocycles. The van der Waals surface area contributed by atoms with Crippen molar-refractivity contribution in [2.24, 2.45) is 0 Å². The maximum Gasteiger partial charge on any atom is 0.222 e. The van der Waals surface area contributed by atoms with Gasteiger partial charge in [0.15, 0.2) is 0 Å². The molecule has 2 aromatic rings. The maximum absolute atomic E-state index is 12.3. The smallest absolute Gasteiger partial charge is 0.222 e. The predicted octanol–water partition coefficient (Wildman–Crippen LogP) is 3.36. The Hall–Kier alpha value is -1.62. The number of aromatic nitrogens is 2. The van der Waals surface area contributed by atoms with Crippen LogP contribution in [0.2, 0.25) is 0 Å². The molecule has 118 valence electrons. The summed E-state index contributed by atoms with van der Waals surface area (Å²) in [7, 11) is 0. The van der Waals surface area contributed by atoms with Gasteiger partial charge in [0.05, 0.1) is 11.7 Å². The minimum atomic E-state index is 0.292. The van der Waals surface area contributed by atoms with Crippen LogP contribution in [-0.2, 0) is 11.2 Å². The number of carbonyl (C=O) groups excluding carboxylic acids is 1. The third-order valence-electron chi connectivity index (χ3n) is 4.30. The Morgan fingerprint density at radius 2 is 2.32 bits per heavy atom. The normalized spacial score (nSPS) is 18.1. The van der Waals surface area contributed by atoms with Crippen LogP contribution in [0.4, 0.5) is 0 Å². The van der Waals surface area contributed by atoms with Crippen molar-refractivity contribution in [2.45, 2.75) is 45.6 Å². The molecule has 0 unspecified atom stereocenters. The molecule has 1 amide bonds. The van der Waals surface area contributed by atoms with Gasteiger partial charge in [0.25, 0.3) is 0 Å². The number of hydrogen-bond donors (Lipinski definition) is 0. The Balaban J connectivity index is 1.49. The molecular weight excluding hydrogens is 294 g/mol. The van der Waals surface area contributed by atoms with Gasteiger partial charge in [-0.1, -0.05) is 6.07 Å². The van der Waals surface area contributed by atoms with Gasteiger partial charge in [0.2, 0.25) is 5.91 Å². The van der Waals surface area contributed by atoms with Crippen molar-refractivity contribution in [2.75, 3.05) is 13.1 Å². The highest BCUT2D eigenvalue weighted by molar-refractivity contribution is 7.09. The molecule has 0 bridgehead atoms. The molecule has 3 rings (SSSR count). The van der Waals surface area contributed by atoms with Gasteiger partial charge in [0.1, 0.15) is 0 Å². The highest BCUT2D eigenvalue weighted by atomic mass is 32.1. The molecule has 4 nitrogen and oxygen atoms in total. The topological polar surface area (TPSA) is 38.1 Å². The first-order valence-electron chi connectivity index (χ1n) is 7.96. The fraction of sp³-hybridized carbons (Fsp3) is 0.529. The second kappa shape index (κ2) is 6.65. The van der Waals surface area contributed by atoms with E-state index in [1.807, 2.05) is 11.8 Å². The number of likely N-dealkylation sites (tertiary alicyclic amines) is 1. The van der Waals surface area contributed by atoms with Crippen molar-refractivity contribution >= 4 is 17.2 Å². The molecular formula is C17H23N3OS. The van der Waals surface area contributed by atoms with Gasteiger partial charge in [-0.3, -0.25) is 9.48 Å². The molecule has 0 radical (unpaired) electrons. The lowest BCUT2D eigenvalue weighted by molar-refractivity contribution is -0.130. The van der Waals surface area contributed by atoms with Gasteiger partial charge in [-0.25, -0.2) is 0 Å². The van der Waals surface area contributed by atoms with E-state index in [4.69, 9.17) is 0 Å². The zero-order valence-corrected chi connectivity index (χ0v) is 14.1. The van der Waals surface area contributed by atoms with Gasteiger partial charge < -0.3 is 4.90 Å². The minimum absolute atomic E-state index is 0.292. The number of hydrogen-bond acceptors (Lipinski definition) is 3. The Labute approximate surface area is 135 Å². The van der Waals surface area contributed by atoms with Gasteiger partial charge >= 0.3 is 0 Å². The number of thiophene rings is 1. The first kappa shape index (κ1) is 15.3. The Morgan fingerprint density at radius 1 is 1.45 bits per heavy atom. The highest BCUT2D eigenvalue weighted by Crippen LogP contribution is 2.24. The van der Waals surface area contributed by atoms with Gasteiger partial charge in [-0.05, 0) is 50.6 Å². The summed E-state index contributed by atoms with van der Waals surface area (Å²) in [6, 6.07) is 6.66. The molecule has 0 spiro atoms. The molecule has 1 aliphatic heterocycles. The molecule has 22 heavy (non-hydrogen) atoms. The van der Waals surface area contributed by atoms with E-state index < -0.39 is 0 Å². The number of aryl methyl sites for hydroxylation is 3. The number of rotatable bonds is 5. The first-order chi connectivity index (χ1) is 10.6. The first-order valence-corrected chi connectivity index (χ1v) is 8.84. The summed E-state index contributed by atoms with van der Waals surface area (Å²) in [4.78, 5) is 15.7. The van der Waals surface area contributed by atoms with Crippen molar-refractivity contribution < 1.29 is 4.79 Å². The highest BCUT2D eigenvalue weighted by Gasteiger charge is 2.28. The molecule has 1 saturated heterocycles. The molecule has 0 N–H and O–H groups in total. The van der Waals surface area contributed by atoms with Crippen molar-refractivity contribution in [1.82, 2.24) is 14.7 Å². The maximum atomic E-state index is 12.3. The third kappa shape index (κ3) is 3.40. The van der Waals surface area contributed by atoms with E-state index in [1.54, 1.807) is 11.3 Å². The average Bonchev–Trinajstić information content (AvgIpc) is 3.19. The standard InChI is InChI=1S/C17H23N3OS/c1-13-11-14(2)20(18-13)15-8-9-19(12-15)17(21)7-3-5-16-6-4-10-22-16/h4,6,10-11,15H,3,5,7-9,12H2,1-2H3/t15-/m1/s1. The van der Waals surface area contributed by atoms with E-state index in [-0.39, 0.29) is 0 Å². The van der Waals surface area contributed by atoms with Crippen molar-refractivity contribution in [3.63, 3.8) is 0 Å². The molecule has 1 aliphatic rings. The van der Waals surface area contributed by atoms with Crippen LogP contribution in [0.15, 0.2) is 23.6 Å². The van der Waals surface area contributed by atoms with E-state index >= 15 is 0 Å². The van der Waals surface area contributed by atoms with Crippen molar-refractivity contribution in [1.29, 1.82) is 0 Å². The molecule has 5 heteroatoms. The van der Waals surface area contributed by atoms with Crippen LogP contribution in [-0.4, -0.2) is 33.7 Å². The Bertz CT molecular complexity index is 632. The second-order valence-corrected chi connectivity index (χ2v) is 7.12. The fourth-order valence-corrected chi connectivity index (χ4v) is 3.96. The second-order valence-electron chi connectivity index (χ2n) is 6.09. The van der Waals surface area contributed by atoms with Crippen LogP contribution >= 0.6 is 11.3 Å². The van der Waals surface area contributed by atoms with E-state index in [9.17, 15) is 4.79 Å². The number of carbonyl (C=O) groups is 1. The summed E-state index contributed by atoms with van der Waals surface area (Å²) in [5.74, 6) is 0.292. The van der Waals surface area contributed by atoms with Crippen molar-refractivity contribution in [3.8, 4) is 0 Å². The van der Waals surface area contributed by atoms with Crippen LogP contribution in [0.25, 0.3) is 0 Å². The molecule has 2 aromatic heterocycles. The van der Waals surface area contributed by atoms with E-state index in [0.29, 0.717) is 18.4 Å². The van der Waals surface area contributed by atoms with E-state index in [0.717, 1.165) is 38.0 Å². The van der Waals surface area contributed by atoms with Crippen LogP contribution in [0.3, 0.4) is 0 Å². The van der Waals surface area contributed by atoms with Crippen LogP contribution < -0.4 is 0 Å². The van der Waals surface area contributed by atoms with Crippen LogP contribution in [0.1, 0.15) is 41.6 Å².